The van der Waals surface area contributed by atoms with Gasteiger partial charge in [0.05, 0.1) is 12.2 Å². The van der Waals surface area contributed by atoms with Crippen LogP contribution in [0.2, 0.25) is 0 Å². The van der Waals surface area contributed by atoms with Crippen LogP contribution in [0.5, 0.6) is 0 Å². The van der Waals surface area contributed by atoms with Crippen LogP contribution in [-0.4, -0.2) is 18.1 Å². The Kier molecular flexibility index (Phi) is 1.55. The largest absolute Gasteiger partial charge is 0.370 e. The van der Waals surface area contributed by atoms with E-state index in [2.05, 4.69) is 6.92 Å². The lowest BCUT2D eigenvalue weighted by atomic mass is 10.3. The molecule has 1 aliphatic rings. The summed E-state index contributed by atoms with van der Waals surface area (Å²) in [7, 11) is 0. The van der Waals surface area contributed by atoms with E-state index >= 15 is 0 Å². The van der Waals surface area contributed by atoms with E-state index in [0.717, 1.165) is 12.3 Å². The minimum absolute atomic E-state index is 0.484. The van der Waals surface area contributed by atoms with Crippen molar-refractivity contribution in [1.82, 2.24) is 0 Å². The highest BCUT2D eigenvalue weighted by Gasteiger charge is 2.32. The van der Waals surface area contributed by atoms with Crippen LogP contribution < -0.4 is 0 Å². The lowest BCUT2D eigenvalue weighted by molar-refractivity contribution is 0.375. The Balaban J connectivity index is 1.98. The highest BCUT2D eigenvalue weighted by Crippen LogP contribution is 2.24. The predicted octanol–water partition coefficient (Wildman–Crippen LogP) is 1.40. The molecule has 1 rings (SSSR count). The summed E-state index contributed by atoms with van der Waals surface area (Å²) in [6.07, 6.45) is 1.99. The van der Waals surface area contributed by atoms with Crippen LogP contribution in [0.1, 0.15) is 13.3 Å². The molecule has 1 fully saturated rings. The normalized spacial score (nSPS) is 38.6. The van der Waals surface area contributed by atoms with Crippen molar-refractivity contribution in [3.8, 4) is 0 Å². The topological polar surface area (TPSA) is 12.5 Å². The van der Waals surface area contributed by atoms with Crippen LogP contribution >= 0.6 is 11.6 Å². The predicted molar refractivity (Wildman–Crippen MR) is 29.7 cm³/mol. The molecular weight excluding hydrogens is 112 g/mol. The van der Waals surface area contributed by atoms with Gasteiger partial charge in [-0.05, 0) is 13.3 Å². The molecule has 0 aromatic carbocycles. The second kappa shape index (κ2) is 2.01. The molecule has 1 heterocycles. The van der Waals surface area contributed by atoms with Crippen molar-refractivity contribution in [2.75, 3.05) is 5.88 Å². The third-order valence-corrected chi connectivity index (χ3v) is 1.45. The maximum Gasteiger partial charge on any atom is 0.0850 e. The molecule has 1 aliphatic heterocycles. The van der Waals surface area contributed by atoms with Crippen molar-refractivity contribution in [1.29, 1.82) is 0 Å². The molecule has 0 unspecified atom stereocenters. The zero-order chi connectivity index (χ0) is 5.28. The third kappa shape index (κ3) is 1.32. The van der Waals surface area contributed by atoms with Gasteiger partial charge in [0.25, 0.3) is 0 Å². The molecular formula is C5H9ClO. The highest BCUT2D eigenvalue weighted by atomic mass is 35.5. The third-order valence-electron chi connectivity index (χ3n) is 1.23. The zero-order valence-corrected chi connectivity index (χ0v) is 5.11. The lowest BCUT2D eigenvalue weighted by Gasteiger charge is -1.80. The second-order valence-electron chi connectivity index (χ2n) is 1.86. The van der Waals surface area contributed by atoms with Gasteiger partial charge in [0.1, 0.15) is 0 Å². The van der Waals surface area contributed by atoms with Gasteiger partial charge < -0.3 is 4.74 Å². The molecule has 0 aromatic heterocycles. The molecule has 0 aliphatic carbocycles. The SMILES string of the molecule is C[C@H]1O[C@H]1CCCl. The van der Waals surface area contributed by atoms with Crippen LogP contribution in [0.25, 0.3) is 0 Å². The number of hydrogen-bond acceptors (Lipinski definition) is 1. The van der Waals surface area contributed by atoms with E-state index in [1.165, 1.54) is 0 Å². The summed E-state index contributed by atoms with van der Waals surface area (Å²) in [5, 5.41) is 0. The molecule has 0 N–H and O–H groups in total. The van der Waals surface area contributed by atoms with E-state index in [1.807, 2.05) is 0 Å². The molecule has 42 valence electrons. The lowest BCUT2D eigenvalue weighted by Crippen LogP contribution is -1.88. The van der Waals surface area contributed by atoms with E-state index in [9.17, 15) is 0 Å². The van der Waals surface area contributed by atoms with Gasteiger partial charge in [-0.25, -0.2) is 0 Å². The Morgan fingerprint density at radius 2 is 2.29 bits per heavy atom. The van der Waals surface area contributed by atoms with Crippen LogP contribution in [0, 0.1) is 0 Å². The molecule has 0 spiro atoms. The van der Waals surface area contributed by atoms with Crippen molar-refractivity contribution in [3.63, 3.8) is 0 Å². The van der Waals surface area contributed by atoms with E-state index in [1.54, 1.807) is 0 Å². The Hall–Kier alpha value is 0.250. The first-order chi connectivity index (χ1) is 3.34. The fourth-order valence-corrected chi connectivity index (χ4v) is 0.856. The molecule has 0 bridgehead atoms. The summed E-state index contributed by atoms with van der Waals surface area (Å²) < 4.78 is 5.07. The van der Waals surface area contributed by atoms with Crippen molar-refractivity contribution >= 4 is 11.6 Å². The van der Waals surface area contributed by atoms with E-state index in [0.29, 0.717) is 12.2 Å². The number of rotatable bonds is 2. The van der Waals surface area contributed by atoms with Crippen molar-refractivity contribution < 1.29 is 4.74 Å². The monoisotopic (exact) mass is 120 g/mol. The molecule has 0 amide bonds. The molecule has 7 heavy (non-hydrogen) atoms. The van der Waals surface area contributed by atoms with Crippen molar-refractivity contribution in [2.45, 2.75) is 25.6 Å². The average molecular weight is 121 g/mol. The first-order valence-electron chi connectivity index (χ1n) is 2.56. The summed E-state index contributed by atoms with van der Waals surface area (Å²) in [5.74, 6) is 0.731. The molecule has 2 atom stereocenters. The van der Waals surface area contributed by atoms with Gasteiger partial charge in [-0.1, -0.05) is 0 Å². The van der Waals surface area contributed by atoms with Gasteiger partial charge >= 0.3 is 0 Å². The smallest absolute Gasteiger partial charge is 0.0850 e. The Bertz CT molecular complexity index is 65.1. The molecule has 1 nitrogen and oxygen atoms in total. The Labute approximate surface area is 48.6 Å². The fourth-order valence-electron chi connectivity index (χ4n) is 0.641. The molecule has 0 radical (unpaired) electrons. The Morgan fingerprint density at radius 3 is 2.43 bits per heavy atom. The minimum Gasteiger partial charge on any atom is -0.370 e. The van der Waals surface area contributed by atoms with E-state index < -0.39 is 0 Å². The number of epoxide rings is 1. The number of halogens is 1. The molecule has 2 heteroatoms. The number of hydrogen-bond donors (Lipinski definition) is 0. The van der Waals surface area contributed by atoms with Gasteiger partial charge in [-0.2, -0.15) is 0 Å². The van der Waals surface area contributed by atoms with E-state index in [4.69, 9.17) is 16.3 Å². The van der Waals surface area contributed by atoms with Crippen LogP contribution in [0.4, 0.5) is 0 Å². The molecule has 0 aromatic rings. The van der Waals surface area contributed by atoms with Crippen molar-refractivity contribution in [3.05, 3.63) is 0 Å². The maximum atomic E-state index is 5.42. The van der Waals surface area contributed by atoms with Gasteiger partial charge in [0.15, 0.2) is 0 Å². The first kappa shape index (κ1) is 5.39. The number of alkyl halides is 1. The average Bonchev–Trinajstić information content (AvgIpc) is 2.22. The second-order valence-corrected chi connectivity index (χ2v) is 2.24. The number of ether oxygens (including phenoxy) is 1. The van der Waals surface area contributed by atoms with Gasteiger partial charge in [0.2, 0.25) is 0 Å². The summed E-state index contributed by atoms with van der Waals surface area (Å²) in [6, 6.07) is 0. The maximum absolute atomic E-state index is 5.42. The standard InChI is InChI=1S/C5H9ClO/c1-4-5(7-4)2-3-6/h4-5H,2-3H2,1H3/t4-,5+/m1/s1. The molecule has 1 saturated heterocycles. The highest BCUT2D eigenvalue weighted by molar-refractivity contribution is 6.17. The molecule has 0 saturated carbocycles. The zero-order valence-electron chi connectivity index (χ0n) is 4.36. The van der Waals surface area contributed by atoms with Gasteiger partial charge in [0, 0.05) is 5.88 Å². The van der Waals surface area contributed by atoms with E-state index in [-0.39, 0.29) is 0 Å². The van der Waals surface area contributed by atoms with Crippen LogP contribution in [0.3, 0.4) is 0 Å². The quantitative estimate of drug-likeness (QED) is 0.397. The minimum atomic E-state index is 0.484. The first-order valence-corrected chi connectivity index (χ1v) is 3.09. The summed E-state index contributed by atoms with van der Waals surface area (Å²) >= 11 is 5.42. The Morgan fingerprint density at radius 1 is 1.71 bits per heavy atom. The summed E-state index contributed by atoms with van der Waals surface area (Å²) in [4.78, 5) is 0. The van der Waals surface area contributed by atoms with Crippen LogP contribution in [0.15, 0.2) is 0 Å². The fraction of sp³-hybridized carbons (Fsp3) is 1.00. The summed E-state index contributed by atoms with van der Waals surface area (Å²) in [5.41, 5.74) is 0. The van der Waals surface area contributed by atoms with Gasteiger partial charge in [-0.15, -0.1) is 11.6 Å². The van der Waals surface area contributed by atoms with Crippen molar-refractivity contribution in [2.24, 2.45) is 0 Å². The summed E-state index contributed by atoms with van der Waals surface area (Å²) in [6.45, 7) is 2.07. The van der Waals surface area contributed by atoms with Gasteiger partial charge in [-0.3, -0.25) is 0 Å². The van der Waals surface area contributed by atoms with Crippen LogP contribution in [-0.2, 0) is 4.74 Å².